The molecule has 16 heavy (non-hydrogen) atoms. The summed E-state index contributed by atoms with van der Waals surface area (Å²) in [6, 6.07) is 6.08. The van der Waals surface area contributed by atoms with E-state index in [1.807, 2.05) is 25.3 Å². The molecule has 2 aromatic rings. The molecule has 0 radical (unpaired) electrons. The van der Waals surface area contributed by atoms with Crippen molar-refractivity contribution in [2.24, 2.45) is 0 Å². The predicted molar refractivity (Wildman–Crippen MR) is 64.3 cm³/mol. The maximum Gasteiger partial charge on any atom is 0.328 e. The number of carboxylic acid groups (broad SMARTS) is 1. The van der Waals surface area contributed by atoms with Gasteiger partial charge in [-0.3, -0.25) is 0 Å². The summed E-state index contributed by atoms with van der Waals surface area (Å²) < 4.78 is 0. The van der Waals surface area contributed by atoms with Crippen LogP contribution in [-0.2, 0) is 4.79 Å². The molecule has 3 nitrogen and oxygen atoms in total. The van der Waals surface area contributed by atoms with Crippen molar-refractivity contribution in [3.63, 3.8) is 0 Å². The summed E-state index contributed by atoms with van der Waals surface area (Å²) in [7, 11) is 0. The average molecular weight is 215 g/mol. The zero-order valence-corrected chi connectivity index (χ0v) is 9.24. The Hall–Kier alpha value is -2.03. The van der Waals surface area contributed by atoms with Gasteiger partial charge in [-0.25, -0.2) is 4.79 Å². The number of hydrogen-bond acceptors (Lipinski definition) is 1. The Bertz CT molecular complexity index is 579. The van der Waals surface area contributed by atoms with Gasteiger partial charge in [0.25, 0.3) is 0 Å². The van der Waals surface area contributed by atoms with E-state index in [4.69, 9.17) is 5.11 Å². The number of aliphatic carboxylic acids is 1. The van der Waals surface area contributed by atoms with Crippen molar-refractivity contribution in [1.29, 1.82) is 0 Å². The SMILES string of the molecule is C/C(=C\C(=O)O)c1c[nH]c2ccc(C)cc12. The van der Waals surface area contributed by atoms with E-state index in [1.165, 1.54) is 6.08 Å². The summed E-state index contributed by atoms with van der Waals surface area (Å²) in [6.07, 6.45) is 3.07. The zero-order valence-electron chi connectivity index (χ0n) is 9.24. The Morgan fingerprint density at radius 3 is 2.88 bits per heavy atom. The molecule has 2 N–H and O–H groups in total. The third kappa shape index (κ3) is 1.84. The van der Waals surface area contributed by atoms with E-state index in [1.54, 1.807) is 6.92 Å². The van der Waals surface area contributed by atoms with E-state index in [-0.39, 0.29) is 0 Å². The van der Waals surface area contributed by atoms with Crippen molar-refractivity contribution in [2.75, 3.05) is 0 Å². The number of carbonyl (C=O) groups is 1. The minimum Gasteiger partial charge on any atom is -0.478 e. The van der Waals surface area contributed by atoms with E-state index in [0.29, 0.717) is 0 Å². The molecule has 3 heteroatoms. The number of allylic oxidation sites excluding steroid dienone is 1. The fourth-order valence-electron chi connectivity index (χ4n) is 1.82. The Kier molecular flexibility index (Phi) is 2.52. The molecule has 0 saturated heterocycles. The smallest absolute Gasteiger partial charge is 0.328 e. The largest absolute Gasteiger partial charge is 0.478 e. The van der Waals surface area contributed by atoms with Crippen LogP contribution in [0.1, 0.15) is 18.1 Å². The second-order valence-electron chi connectivity index (χ2n) is 3.92. The molecule has 1 aromatic carbocycles. The summed E-state index contributed by atoms with van der Waals surface area (Å²) in [5.41, 5.74) is 3.89. The monoisotopic (exact) mass is 215 g/mol. The number of aryl methyl sites for hydroxylation is 1. The molecule has 1 heterocycles. The first-order valence-electron chi connectivity index (χ1n) is 5.07. The molecule has 2 rings (SSSR count). The molecule has 1 aromatic heterocycles. The summed E-state index contributed by atoms with van der Waals surface area (Å²) in [5, 5.41) is 9.79. The molecule has 82 valence electrons. The number of aromatic amines is 1. The normalized spacial score (nSPS) is 12.0. The highest BCUT2D eigenvalue weighted by Gasteiger charge is 2.06. The van der Waals surface area contributed by atoms with Crippen LogP contribution in [0.4, 0.5) is 0 Å². The third-order valence-corrected chi connectivity index (χ3v) is 2.60. The number of benzene rings is 1. The van der Waals surface area contributed by atoms with E-state index in [2.05, 4.69) is 11.1 Å². The van der Waals surface area contributed by atoms with Gasteiger partial charge in [0.1, 0.15) is 0 Å². The van der Waals surface area contributed by atoms with Crippen molar-refractivity contribution >= 4 is 22.4 Å². The van der Waals surface area contributed by atoms with Crippen molar-refractivity contribution in [3.8, 4) is 0 Å². The van der Waals surface area contributed by atoms with Crippen LogP contribution in [0.2, 0.25) is 0 Å². The van der Waals surface area contributed by atoms with Crippen molar-refractivity contribution in [1.82, 2.24) is 4.98 Å². The maximum absolute atomic E-state index is 10.6. The fourth-order valence-corrected chi connectivity index (χ4v) is 1.82. The van der Waals surface area contributed by atoms with Crippen LogP contribution in [0.15, 0.2) is 30.5 Å². The fraction of sp³-hybridized carbons (Fsp3) is 0.154. The molecule has 0 atom stereocenters. The van der Waals surface area contributed by atoms with E-state index in [0.717, 1.165) is 27.6 Å². The molecule has 0 amide bonds. The predicted octanol–water partition coefficient (Wildman–Crippen LogP) is 2.96. The quantitative estimate of drug-likeness (QED) is 0.757. The van der Waals surface area contributed by atoms with Gasteiger partial charge in [-0.2, -0.15) is 0 Å². The number of nitrogens with one attached hydrogen (secondary N) is 1. The van der Waals surface area contributed by atoms with Crippen LogP contribution in [0.5, 0.6) is 0 Å². The second-order valence-corrected chi connectivity index (χ2v) is 3.92. The van der Waals surface area contributed by atoms with Gasteiger partial charge in [-0.1, -0.05) is 11.6 Å². The number of hydrogen-bond donors (Lipinski definition) is 2. The van der Waals surface area contributed by atoms with Gasteiger partial charge < -0.3 is 10.1 Å². The molecular weight excluding hydrogens is 202 g/mol. The van der Waals surface area contributed by atoms with Crippen LogP contribution in [-0.4, -0.2) is 16.1 Å². The third-order valence-electron chi connectivity index (χ3n) is 2.60. The van der Waals surface area contributed by atoms with Gasteiger partial charge in [-0.15, -0.1) is 0 Å². The van der Waals surface area contributed by atoms with Gasteiger partial charge in [-0.05, 0) is 31.6 Å². The number of aromatic nitrogens is 1. The average Bonchev–Trinajstić information content (AvgIpc) is 2.59. The Labute approximate surface area is 93.4 Å². The molecule has 0 saturated carbocycles. The summed E-state index contributed by atoms with van der Waals surface area (Å²) in [4.78, 5) is 13.8. The second kappa shape index (κ2) is 3.85. The lowest BCUT2D eigenvalue weighted by Crippen LogP contribution is -1.89. The van der Waals surface area contributed by atoms with Crippen LogP contribution in [0.3, 0.4) is 0 Å². The van der Waals surface area contributed by atoms with Gasteiger partial charge in [0, 0.05) is 28.7 Å². The van der Waals surface area contributed by atoms with E-state index >= 15 is 0 Å². The lowest BCUT2D eigenvalue weighted by Gasteiger charge is -1.99. The number of carboxylic acids is 1. The van der Waals surface area contributed by atoms with E-state index in [9.17, 15) is 4.79 Å². The van der Waals surface area contributed by atoms with Crippen LogP contribution < -0.4 is 0 Å². The molecule has 0 aliphatic carbocycles. The molecule has 0 unspecified atom stereocenters. The van der Waals surface area contributed by atoms with Gasteiger partial charge >= 0.3 is 5.97 Å². The standard InChI is InChI=1S/C13H13NO2/c1-8-3-4-12-10(5-8)11(7-14-12)9(2)6-13(15)16/h3-7,14H,1-2H3,(H,15,16)/b9-6+. The first-order chi connectivity index (χ1) is 7.58. The molecule has 0 spiro atoms. The molecule has 0 aliphatic heterocycles. The highest BCUT2D eigenvalue weighted by atomic mass is 16.4. The van der Waals surface area contributed by atoms with Crippen molar-refractivity contribution < 1.29 is 9.90 Å². The number of rotatable bonds is 2. The van der Waals surface area contributed by atoms with E-state index < -0.39 is 5.97 Å². The first-order valence-corrected chi connectivity index (χ1v) is 5.07. The van der Waals surface area contributed by atoms with Gasteiger partial charge in [0.15, 0.2) is 0 Å². The minimum atomic E-state index is -0.917. The Balaban J connectivity index is 2.61. The number of H-pyrrole nitrogens is 1. The molecule has 0 aliphatic rings. The Morgan fingerprint density at radius 1 is 1.44 bits per heavy atom. The topological polar surface area (TPSA) is 53.1 Å². The lowest BCUT2D eigenvalue weighted by atomic mass is 10.0. The van der Waals surface area contributed by atoms with Crippen LogP contribution in [0, 0.1) is 6.92 Å². The summed E-state index contributed by atoms with van der Waals surface area (Å²) in [6.45, 7) is 3.82. The number of fused-ring (bicyclic) bond motifs is 1. The minimum absolute atomic E-state index is 0.754. The summed E-state index contributed by atoms with van der Waals surface area (Å²) >= 11 is 0. The molecule has 0 fully saturated rings. The zero-order chi connectivity index (χ0) is 11.7. The highest BCUT2D eigenvalue weighted by Crippen LogP contribution is 2.25. The first kappa shape index (κ1) is 10.5. The van der Waals surface area contributed by atoms with Crippen LogP contribution in [0.25, 0.3) is 16.5 Å². The summed E-state index contributed by atoms with van der Waals surface area (Å²) in [5.74, 6) is -0.917. The van der Waals surface area contributed by atoms with Crippen molar-refractivity contribution in [2.45, 2.75) is 13.8 Å². The van der Waals surface area contributed by atoms with Gasteiger partial charge in [0.2, 0.25) is 0 Å². The molecular formula is C13H13NO2. The highest BCUT2D eigenvalue weighted by molar-refractivity contribution is 5.97. The van der Waals surface area contributed by atoms with Crippen LogP contribution >= 0.6 is 0 Å². The van der Waals surface area contributed by atoms with Crippen molar-refractivity contribution in [3.05, 3.63) is 41.6 Å². The molecule has 0 bridgehead atoms. The maximum atomic E-state index is 10.6. The van der Waals surface area contributed by atoms with Gasteiger partial charge in [0.05, 0.1) is 0 Å². The lowest BCUT2D eigenvalue weighted by molar-refractivity contribution is -0.131. The Morgan fingerprint density at radius 2 is 2.19 bits per heavy atom.